The lowest BCUT2D eigenvalue weighted by molar-refractivity contribution is 0.0948. The molecule has 0 unspecified atom stereocenters. The average Bonchev–Trinajstić information content (AvgIpc) is 3.19. The fourth-order valence-corrected chi connectivity index (χ4v) is 3.21. The van der Waals surface area contributed by atoms with Crippen molar-refractivity contribution < 1.29 is 23.4 Å². The van der Waals surface area contributed by atoms with Gasteiger partial charge >= 0.3 is 0 Å². The molecule has 0 fully saturated rings. The van der Waals surface area contributed by atoms with Crippen molar-refractivity contribution in [2.24, 2.45) is 0 Å². The van der Waals surface area contributed by atoms with Gasteiger partial charge in [0.25, 0.3) is 11.1 Å². The molecule has 1 heterocycles. The Morgan fingerprint density at radius 3 is 2.67 bits per heavy atom. The molecule has 9 heteroatoms. The van der Waals surface area contributed by atoms with Crippen molar-refractivity contribution in [3.63, 3.8) is 0 Å². The molecule has 158 valence electrons. The first-order chi connectivity index (χ1) is 14.6. The zero-order valence-corrected chi connectivity index (χ0v) is 17.5. The van der Waals surface area contributed by atoms with Gasteiger partial charge in [-0.05, 0) is 42.3 Å². The van der Waals surface area contributed by atoms with Crippen LogP contribution >= 0.6 is 11.5 Å². The van der Waals surface area contributed by atoms with E-state index in [1.807, 2.05) is 0 Å². The number of hydrogen-bond donors (Lipinski definition) is 1. The quantitative estimate of drug-likeness (QED) is 0.491. The van der Waals surface area contributed by atoms with Crippen molar-refractivity contribution in [1.82, 2.24) is 14.7 Å². The monoisotopic (exact) mass is 431 g/mol. The van der Waals surface area contributed by atoms with Gasteiger partial charge in [-0.25, -0.2) is 4.39 Å². The first-order valence-electron chi connectivity index (χ1n) is 9.29. The summed E-state index contributed by atoms with van der Waals surface area (Å²) in [5, 5.41) is 3.15. The molecule has 0 aliphatic rings. The van der Waals surface area contributed by atoms with Gasteiger partial charge < -0.3 is 19.5 Å². The summed E-state index contributed by atoms with van der Waals surface area (Å²) >= 11 is 1.09. The number of nitrogens with zero attached hydrogens (tertiary/aromatic N) is 2. The van der Waals surface area contributed by atoms with Crippen LogP contribution in [0.15, 0.2) is 42.5 Å². The number of ether oxygens (including phenoxy) is 3. The third kappa shape index (κ3) is 5.98. The molecule has 1 aromatic heterocycles. The van der Waals surface area contributed by atoms with Gasteiger partial charge in [-0.15, -0.1) is 0 Å². The molecule has 3 aromatic rings. The Bertz CT molecular complexity index is 979. The summed E-state index contributed by atoms with van der Waals surface area (Å²) in [5.74, 6) is 0.900. The number of methoxy groups -OCH3 is 2. The molecule has 7 nitrogen and oxygen atoms in total. The van der Waals surface area contributed by atoms with Crippen molar-refractivity contribution >= 4 is 17.4 Å². The summed E-state index contributed by atoms with van der Waals surface area (Å²) in [4.78, 5) is 16.7. The highest BCUT2D eigenvalue weighted by atomic mass is 32.1. The van der Waals surface area contributed by atoms with E-state index in [2.05, 4.69) is 14.7 Å². The van der Waals surface area contributed by atoms with Gasteiger partial charge in [0.15, 0.2) is 17.3 Å². The minimum absolute atomic E-state index is 0.215. The van der Waals surface area contributed by atoms with E-state index in [0.717, 1.165) is 23.5 Å². The van der Waals surface area contributed by atoms with E-state index < -0.39 is 0 Å². The Morgan fingerprint density at radius 1 is 1.13 bits per heavy atom. The lowest BCUT2D eigenvalue weighted by Crippen LogP contribution is -2.25. The molecule has 0 bridgehead atoms. The lowest BCUT2D eigenvalue weighted by atomic mass is 10.1. The molecule has 0 atom stereocenters. The highest BCUT2D eigenvalue weighted by molar-refractivity contribution is 7.07. The Kier molecular flexibility index (Phi) is 7.69. The molecule has 3 rings (SSSR count). The SMILES string of the molecule is COCCCNC(=O)c1ccc(OC)c(Oc2nc(Cc3ccc(F)cc3)ns2)c1. The van der Waals surface area contributed by atoms with Gasteiger partial charge in [-0.1, -0.05) is 12.1 Å². The maximum atomic E-state index is 13.0. The van der Waals surface area contributed by atoms with Crippen molar-refractivity contribution in [3.05, 3.63) is 65.2 Å². The van der Waals surface area contributed by atoms with Crippen LogP contribution in [-0.4, -0.2) is 42.6 Å². The van der Waals surface area contributed by atoms with E-state index in [1.165, 1.54) is 19.2 Å². The Labute approximate surface area is 178 Å². The van der Waals surface area contributed by atoms with Crippen LogP contribution in [0.2, 0.25) is 0 Å². The van der Waals surface area contributed by atoms with E-state index in [0.29, 0.717) is 47.7 Å². The summed E-state index contributed by atoms with van der Waals surface area (Å²) in [6.07, 6.45) is 1.19. The van der Waals surface area contributed by atoms with Crippen molar-refractivity contribution in [3.8, 4) is 16.7 Å². The van der Waals surface area contributed by atoms with Crippen molar-refractivity contribution in [2.75, 3.05) is 27.4 Å². The zero-order chi connectivity index (χ0) is 21.3. The number of aromatic nitrogens is 2. The van der Waals surface area contributed by atoms with Crippen LogP contribution in [0.1, 0.15) is 28.2 Å². The zero-order valence-electron chi connectivity index (χ0n) is 16.7. The molecular formula is C21H22FN3O4S. The maximum absolute atomic E-state index is 13.0. The van der Waals surface area contributed by atoms with Crippen molar-refractivity contribution in [1.29, 1.82) is 0 Å². The highest BCUT2D eigenvalue weighted by Gasteiger charge is 2.14. The summed E-state index contributed by atoms with van der Waals surface area (Å²) in [6, 6.07) is 11.1. The highest BCUT2D eigenvalue weighted by Crippen LogP contribution is 2.33. The minimum Gasteiger partial charge on any atom is -0.493 e. The molecule has 0 radical (unpaired) electrons. The summed E-state index contributed by atoms with van der Waals surface area (Å²) in [7, 11) is 3.14. The van der Waals surface area contributed by atoms with Crippen LogP contribution in [0.4, 0.5) is 4.39 Å². The molecule has 1 amide bonds. The number of rotatable bonds is 10. The standard InChI is InChI=1S/C21H22FN3O4S/c1-27-11-3-10-23-20(26)15-6-9-17(28-2)18(13-15)29-21-24-19(25-30-21)12-14-4-7-16(22)8-5-14/h4-9,13H,3,10-12H2,1-2H3,(H,23,26). The molecule has 0 saturated carbocycles. The van der Waals surface area contributed by atoms with Crippen LogP contribution in [0.3, 0.4) is 0 Å². The van der Waals surface area contributed by atoms with Crippen LogP contribution < -0.4 is 14.8 Å². The smallest absolute Gasteiger partial charge is 0.298 e. The molecule has 0 saturated heterocycles. The number of carbonyl (C=O) groups is 1. The minimum atomic E-state index is -0.288. The summed E-state index contributed by atoms with van der Waals surface area (Å²) in [5.41, 5.74) is 1.34. The predicted molar refractivity (Wildman–Crippen MR) is 111 cm³/mol. The number of halogens is 1. The third-order valence-corrected chi connectivity index (χ3v) is 4.79. The molecule has 0 aliphatic heterocycles. The maximum Gasteiger partial charge on any atom is 0.298 e. The van der Waals surface area contributed by atoms with E-state index in [-0.39, 0.29) is 11.7 Å². The fraction of sp³-hybridized carbons (Fsp3) is 0.286. The third-order valence-electron chi connectivity index (χ3n) is 4.16. The molecular weight excluding hydrogens is 409 g/mol. The largest absolute Gasteiger partial charge is 0.493 e. The summed E-state index contributed by atoms with van der Waals surface area (Å²) < 4.78 is 33.5. The average molecular weight is 431 g/mol. The van der Waals surface area contributed by atoms with Crippen LogP contribution in [0.5, 0.6) is 16.7 Å². The number of benzene rings is 2. The molecule has 0 spiro atoms. The molecule has 2 aromatic carbocycles. The van der Waals surface area contributed by atoms with Crippen molar-refractivity contribution in [2.45, 2.75) is 12.8 Å². The van der Waals surface area contributed by atoms with Gasteiger partial charge in [0.2, 0.25) is 0 Å². The van der Waals surface area contributed by atoms with E-state index in [4.69, 9.17) is 14.2 Å². The summed E-state index contributed by atoms with van der Waals surface area (Å²) in [6.45, 7) is 1.09. The second kappa shape index (κ2) is 10.7. The lowest BCUT2D eigenvalue weighted by Gasteiger charge is -2.10. The first-order valence-corrected chi connectivity index (χ1v) is 10.1. The Balaban J connectivity index is 1.68. The Morgan fingerprint density at radius 2 is 1.93 bits per heavy atom. The van der Waals surface area contributed by atoms with Crippen LogP contribution in [-0.2, 0) is 11.2 Å². The predicted octanol–water partition coefficient (Wildman–Crippen LogP) is 3.84. The second-order valence-electron chi connectivity index (χ2n) is 6.35. The van der Waals surface area contributed by atoms with Gasteiger partial charge in [0.1, 0.15) is 5.82 Å². The van der Waals surface area contributed by atoms with Gasteiger partial charge in [0, 0.05) is 43.8 Å². The molecule has 0 aliphatic carbocycles. The molecule has 1 N–H and O–H groups in total. The number of nitrogens with one attached hydrogen (secondary N) is 1. The van der Waals surface area contributed by atoms with Crippen LogP contribution in [0.25, 0.3) is 0 Å². The second-order valence-corrected chi connectivity index (χ2v) is 7.06. The topological polar surface area (TPSA) is 82.6 Å². The van der Waals surface area contributed by atoms with Crippen LogP contribution in [0, 0.1) is 5.82 Å². The number of carbonyl (C=O) groups excluding carboxylic acids is 1. The van der Waals surface area contributed by atoms with Gasteiger partial charge in [0.05, 0.1) is 7.11 Å². The normalized spacial score (nSPS) is 10.6. The van der Waals surface area contributed by atoms with Gasteiger partial charge in [-0.3, -0.25) is 4.79 Å². The van der Waals surface area contributed by atoms with E-state index >= 15 is 0 Å². The first kappa shape index (κ1) is 21.7. The van der Waals surface area contributed by atoms with E-state index in [9.17, 15) is 9.18 Å². The Hall–Kier alpha value is -3.04. The molecule has 30 heavy (non-hydrogen) atoms. The number of hydrogen-bond acceptors (Lipinski definition) is 7. The number of amides is 1. The fourth-order valence-electron chi connectivity index (χ4n) is 2.65. The van der Waals surface area contributed by atoms with Gasteiger partial charge in [-0.2, -0.15) is 9.36 Å². The van der Waals surface area contributed by atoms with E-state index in [1.54, 1.807) is 37.4 Å².